The fourth-order valence-electron chi connectivity index (χ4n) is 3.11. The summed E-state index contributed by atoms with van der Waals surface area (Å²) < 4.78 is 1.84. The highest BCUT2D eigenvalue weighted by atomic mass is 35.5. The maximum atomic E-state index is 12.3. The highest BCUT2D eigenvalue weighted by molar-refractivity contribution is 7.09. The van der Waals surface area contributed by atoms with Crippen LogP contribution in [0.3, 0.4) is 0 Å². The van der Waals surface area contributed by atoms with Crippen molar-refractivity contribution in [3.05, 3.63) is 99.2 Å². The van der Waals surface area contributed by atoms with Crippen LogP contribution in [0.4, 0.5) is 0 Å². The van der Waals surface area contributed by atoms with Gasteiger partial charge in [-0.3, -0.25) is 4.79 Å². The number of amides is 1. The van der Waals surface area contributed by atoms with Gasteiger partial charge in [0.2, 0.25) is 5.91 Å². The van der Waals surface area contributed by atoms with Crippen molar-refractivity contribution >= 4 is 28.8 Å². The fourth-order valence-corrected chi connectivity index (χ4v) is 4.15. The molecule has 5 nitrogen and oxygen atoms in total. The van der Waals surface area contributed by atoms with E-state index < -0.39 is 0 Å². The third-order valence-electron chi connectivity index (χ3n) is 4.55. The van der Waals surface area contributed by atoms with Gasteiger partial charge >= 0.3 is 0 Å². The first-order valence-electron chi connectivity index (χ1n) is 9.70. The summed E-state index contributed by atoms with van der Waals surface area (Å²) in [4.78, 5) is 16.8. The molecule has 2 aromatic carbocycles. The smallest absolute Gasteiger partial charge is 0.226 e. The van der Waals surface area contributed by atoms with Crippen molar-refractivity contribution in [1.29, 1.82) is 0 Å². The highest BCUT2D eigenvalue weighted by Gasteiger charge is 2.09. The molecule has 1 amide bonds. The van der Waals surface area contributed by atoms with Crippen molar-refractivity contribution < 1.29 is 4.79 Å². The maximum absolute atomic E-state index is 12.3. The van der Waals surface area contributed by atoms with Gasteiger partial charge in [-0.25, -0.2) is 9.67 Å². The van der Waals surface area contributed by atoms with Crippen LogP contribution in [0.2, 0.25) is 5.02 Å². The first-order valence-corrected chi connectivity index (χ1v) is 11.0. The fraction of sp³-hybridized carbons (Fsp3) is 0.174. The van der Waals surface area contributed by atoms with Crippen LogP contribution >= 0.6 is 22.9 Å². The summed E-state index contributed by atoms with van der Waals surface area (Å²) in [5.41, 5.74) is 3.87. The lowest BCUT2D eigenvalue weighted by Crippen LogP contribution is -2.27. The Morgan fingerprint density at radius 2 is 1.93 bits per heavy atom. The van der Waals surface area contributed by atoms with E-state index >= 15 is 0 Å². The van der Waals surface area contributed by atoms with Gasteiger partial charge in [-0.05, 0) is 35.9 Å². The minimum absolute atomic E-state index is 0.0305. The molecule has 0 aliphatic heterocycles. The number of hydrogen-bond acceptors (Lipinski definition) is 4. The summed E-state index contributed by atoms with van der Waals surface area (Å²) >= 11 is 7.60. The van der Waals surface area contributed by atoms with Crippen LogP contribution in [0, 0.1) is 0 Å². The summed E-state index contributed by atoms with van der Waals surface area (Å²) in [6, 6.07) is 19.7. The summed E-state index contributed by atoms with van der Waals surface area (Å²) in [7, 11) is 0. The van der Waals surface area contributed by atoms with Crippen molar-refractivity contribution in [1.82, 2.24) is 20.1 Å². The molecule has 4 rings (SSSR count). The summed E-state index contributed by atoms with van der Waals surface area (Å²) in [6.07, 6.45) is 3.62. The van der Waals surface area contributed by atoms with Gasteiger partial charge in [0.05, 0.1) is 28.5 Å². The largest absolute Gasteiger partial charge is 0.355 e. The van der Waals surface area contributed by atoms with Crippen LogP contribution in [-0.4, -0.2) is 27.2 Å². The SMILES string of the molecule is O=C(Cc1csc(Cc2cccc(Cl)c2)n1)NCCc1ccn(-c2ccccc2)n1. The van der Waals surface area contributed by atoms with Crippen molar-refractivity contribution in [3.8, 4) is 5.69 Å². The maximum Gasteiger partial charge on any atom is 0.226 e. The van der Waals surface area contributed by atoms with Gasteiger partial charge in [-0.2, -0.15) is 5.10 Å². The van der Waals surface area contributed by atoms with Crippen LogP contribution in [0.15, 0.2) is 72.2 Å². The van der Waals surface area contributed by atoms with E-state index in [2.05, 4.69) is 15.4 Å². The molecule has 0 atom stereocenters. The lowest BCUT2D eigenvalue weighted by atomic mass is 10.2. The molecule has 0 saturated heterocycles. The standard InChI is InChI=1S/C23H21ClN4OS/c24-18-6-4-5-17(13-18)14-23-26-20(16-30-23)15-22(29)25-11-9-19-10-12-28(27-19)21-7-2-1-3-8-21/h1-8,10,12-13,16H,9,11,14-15H2,(H,25,29). The van der Waals surface area contributed by atoms with Gasteiger partial charge in [0.25, 0.3) is 0 Å². The van der Waals surface area contributed by atoms with E-state index in [4.69, 9.17) is 11.6 Å². The monoisotopic (exact) mass is 436 g/mol. The second kappa shape index (κ2) is 9.69. The average Bonchev–Trinajstić information content (AvgIpc) is 3.38. The van der Waals surface area contributed by atoms with Gasteiger partial charge in [-0.15, -0.1) is 11.3 Å². The minimum atomic E-state index is -0.0305. The molecule has 0 aliphatic carbocycles. The predicted octanol–water partition coefficient (Wildman–Crippen LogP) is 4.47. The zero-order valence-electron chi connectivity index (χ0n) is 16.3. The number of aromatic nitrogens is 3. The molecular formula is C23H21ClN4OS. The van der Waals surface area contributed by atoms with Gasteiger partial charge in [0, 0.05) is 36.0 Å². The van der Waals surface area contributed by atoms with E-state index in [1.165, 1.54) is 0 Å². The number of nitrogens with one attached hydrogen (secondary N) is 1. The molecule has 2 heterocycles. The number of para-hydroxylation sites is 1. The molecular weight excluding hydrogens is 416 g/mol. The highest BCUT2D eigenvalue weighted by Crippen LogP contribution is 2.18. The normalized spacial score (nSPS) is 10.8. The number of carbonyl (C=O) groups excluding carboxylic acids is 1. The number of halogens is 1. The topological polar surface area (TPSA) is 59.8 Å². The van der Waals surface area contributed by atoms with E-state index in [9.17, 15) is 4.79 Å². The Kier molecular flexibility index (Phi) is 6.57. The average molecular weight is 437 g/mol. The molecule has 30 heavy (non-hydrogen) atoms. The summed E-state index contributed by atoms with van der Waals surface area (Å²) in [6.45, 7) is 0.546. The molecule has 0 bridgehead atoms. The molecule has 0 saturated carbocycles. The lowest BCUT2D eigenvalue weighted by molar-refractivity contribution is -0.120. The van der Waals surface area contributed by atoms with Gasteiger partial charge in [0.1, 0.15) is 0 Å². The number of rotatable bonds is 8. The number of thiazole rings is 1. The molecule has 7 heteroatoms. The zero-order chi connectivity index (χ0) is 20.8. The number of hydrogen-bond donors (Lipinski definition) is 1. The Morgan fingerprint density at radius 3 is 2.77 bits per heavy atom. The Morgan fingerprint density at radius 1 is 1.07 bits per heavy atom. The Labute approximate surface area is 184 Å². The van der Waals surface area contributed by atoms with Gasteiger partial charge < -0.3 is 5.32 Å². The first-order chi connectivity index (χ1) is 14.7. The van der Waals surface area contributed by atoms with E-state index in [1.54, 1.807) is 11.3 Å². The van der Waals surface area contributed by atoms with Crippen LogP contribution in [0.25, 0.3) is 5.69 Å². The second-order valence-corrected chi connectivity index (χ2v) is 8.28. The van der Waals surface area contributed by atoms with E-state index in [1.807, 2.05) is 76.9 Å². The zero-order valence-corrected chi connectivity index (χ0v) is 17.9. The molecule has 0 fully saturated rings. The van der Waals surface area contributed by atoms with Crippen molar-refractivity contribution in [3.63, 3.8) is 0 Å². The van der Waals surface area contributed by atoms with E-state index in [0.29, 0.717) is 13.0 Å². The molecule has 1 N–H and O–H groups in total. The third kappa shape index (κ3) is 5.55. The van der Waals surface area contributed by atoms with Crippen LogP contribution in [0.5, 0.6) is 0 Å². The van der Waals surface area contributed by atoms with Crippen LogP contribution < -0.4 is 5.32 Å². The Bertz CT molecular complexity index is 1120. The Balaban J connectivity index is 1.24. The molecule has 0 radical (unpaired) electrons. The molecule has 0 spiro atoms. The van der Waals surface area contributed by atoms with Crippen LogP contribution in [0.1, 0.15) is 22.0 Å². The number of carbonyl (C=O) groups is 1. The molecule has 4 aromatic rings. The number of benzene rings is 2. The van der Waals surface area contributed by atoms with E-state index in [0.717, 1.165) is 39.1 Å². The molecule has 0 unspecified atom stereocenters. The predicted molar refractivity (Wildman–Crippen MR) is 120 cm³/mol. The minimum Gasteiger partial charge on any atom is -0.355 e. The van der Waals surface area contributed by atoms with Crippen molar-refractivity contribution in [2.24, 2.45) is 0 Å². The van der Waals surface area contributed by atoms with Gasteiger partial charge in [-0.1, -0.05) is 41.9 Å². The molecule has 2 aromatic heterocycles. The second-order valence-electron chi connectivity index (χ2n) is 6.90. The quantitative estimate of drug-likeness (QED) is 0.443. The Hall–Kier alpha value is -2.96. The molecule has 152 valence electrons. The third-order valence-corrected chi connectivity index (χ3v) is 5.69. The number of nitrogens with zero attached hydrogens (tertiary/aromatic N) is 3. The van der Waals surface area contributed by atoms with E-state index in [-0.39, 0.29) is 12.3 Å². The summed E-state index contributed by atoms with van der Waals surface area (Å²) in [5.74, 6) is -0.0305. The first kappa shape index (κ1) is 20.3. The van der Waals surface area contributed by atoms with Crippen molar-refractivity contribution in [2.45, 2.75) is 19.3 Å². The molecule has 0 aliphatic rings. The van der Waals surface area contributed by atoms with Gasteiger partial charge in [0.15, 0.2) is 0 Å². The van der Waals surface area contributed by atoms with Crippen molar-refractivity contribution in [2.75, 3.05) is 6.54 Å². The lowest BCUT2D eigenvalue weighted by Gasteiger charge is -2.03. The van der Waals surface area contributed by atoms with Crippen LogP contribution in [-0.2, 0) is 24.1 Å². The summed E-state index contributed by atoms with van der Waals surface area (Å²) in [5, 5.41) is 11.2.